The molecule has 0 saturated carbocycles. The average Bonchev–Trinajstić information content (AvgIpc) is 2.40. The summed E-state index contributed by atoms with van der Waals surface area (Å²) in [5.41, 5.74) is 0. The lowest BCUT2D eigenvalue weighted by Crippen LogP contribution is -2.48. The van der Waals surface area contributed by atoms with E-state index in [9.17, 15) is 9.59 Å². The third-order valence-electron chi connectivity index (χ3n) is 3.69. The van der Waals surface area contributed by atoms with Crippen molar-refractivity contribution >= 4 is 35.0 Å². The molecule has 110 valence electrons. The Morgan fingerprint density at radius 1 is 1.21 bits per heavy atom. The summed E-state index contributed by atoms with van der Waals surface area (Å²) >= 11 is 11.0. The number of piperidine rings is 1. The second-order valence-corrected chi connectivity index (χ2v) is 6.02. The third kappa shape index (κ3) is 4.84. The number of nitrogens with zero attached hydrogens (tertiary/aromatic N) is 1. The number of amides is 2. The molecule has 1 aliphatic heterocycles. The molecule has 0 spiro atoms. The van der Waals surface area contributed by atoms with Gasteiger partial charge in [-0.3, -0.25) is 9.59 Å². The first kappa shape index (κ1) is 16.6. The second kappa shape index (κ2) is 7.95. The van der Waals surface area contributed by atoms with Crippen molar-refractivity contribution in [2.45, 2.75) is 50.4 Å². The molecule has 1 saturated heterocycles. The van der Waals surface area contributed by atoms with Crippen molar-refractivity contribution in [3.63, 3.8) is 0 Å². The van der Waals surface area contributed by atoms with Gasteiger partial charge in [0.1, 0.15) is 0 Å². The van der Waals surface area contributed by atoms with Crippen LogP contribution < -0.4 is 5.32 Å². The molecule has 19 heavy (non-hydrogen) atoms. The number of carbonyl (C=O) groups is 2. The second-order valence-electron chi connectivity index (χ2n) is 4.92. The average molecular weight is 309 g/mol. The van der Waals surface area contributed by atoms with E-state index in [1.807, 2.05) is 18.7 Å². The van der Waals surface area contributed by atoms with Gasteiger partial charge in [0.05, 0.1) is 0 Å². The topological polar surface area (TPSA) is 49.4 Å². The first-order valence-electron chi connectivity index (χ1n) is 6.86. The third-order valence-corrected chi connectivity index (χ3v) is 4.08. The van der Waals surface area contributed by atoms with Gasteiger partial charge in [0.15, 0.2) is 4.84 Å². The molecule has 0 radical (unpaired) electrons. The number of rotatable bonds is 5. The SMILES string of the molecule is CCC(CC)C(=O)N1CCC(NC(=O)C(Cl)Cl)CC1. The van der Waals surface area contributed by atoms with Crippen LogP contribution in [0, 0.1) is 5.92 Å². The standard InChI is InChI=1S/C13H22Cl2N2O2/c1-3-9(4-2)13(19)17-7-5-10(6-8-17)16-12(18)11(14)15/h9-11H,3-8H2,1-2H3,(H,16,18). The molecular formula is C13H22Cl2N2O2. The van der Waals surface area contributed by atoms with Crippen LogP contribution in [0.1, 0.15) is 39.5 Å². The zero-order valence-corrected chi connectivity index (χ0v) is 13.0. The minimum absolute atomic E-state index is 0.0678. The van der Waals surface area contributed by atoms with Gasteiger partial charge in [0.25, 0.3) is 5.91 Å². The van der Waals surface area contributed by atoms with Gasteiger partial charge in [-0.1, -0.05) is 37.0 Å². The maximum absolute atomic E-state index is 12.2. The van der Waals surface area contributed by atoms with Crippen molar-refractivity contribution < 1.29 is 9.59 Å². The number of halogens is 2. The molecule has 0 unspecified atom stereocenters. The molecule has 0 aromatic rings. The van der Waals surface area contributed by atoms with Gasteiger partial charge in [-0.05, 0) is 25.7 Å². The molecule has 1 fully saturated rings. The van der Waals surface area contributed by atoms with Gasteiger partial charge in [-0.2, -0.15) is 0 Å². The lowest BCUT2D eigenvalue weighted by Gasteiger charge is -2.34. The smallest absolute Gasteiger partial charge is 0.253 e. The van der Waals surface area contributed by atoms with E-state index < -0.39 is 4.84 Å². The Labute approximate surface area is 124 Å². The zero-order valence-electron chi connectivity index (χ0n) is 11.5. The molecule has 2 amide bonds. The molecule has 0 aromatic carbocycles. The van der Waals surface area contributed by atoms with Crippen LogP contribution in [-0.4, -0.2) is 40.7 Å². The highest BCUT2D eigenvalue weighted by Gasteiger charge is 2.27. The molecule has 1 rings (SSSR count). The lowest BCUT2D eigenvalue weighted by molar-refractivity contribution is -0.137. The number of nitrogens with one attached hydrogen (secondary N) is 1. The first-order valence-corrected chi connectivity index (χ1v) is 7.74. The van der Waals surface area contributed by atoms with Crippen LogP contribution in [0.4, 0.5) is 0 Å². The highest BCUT2D eigenvalue weighted by atomic mass is 35.5. The number of alkyl halides is 2. The minimum atomic E-state index is -1.02. The zero-order chi connectivity index (χ0) is 14.4. The van der Waals surface area contributed by atoms with Gasteiger partial charge < -0.3 is 10.2 Å². The van der Waals surface area contributed by atoms with E-state index in [1.165, 1.54) is 0 Å². The fourth-order valence-electron chi connectivity index (χ4n) is 2.40. The van der Waals surface area contributed by atoms with E-state index in [2.05, 4.69) is 5.32 Å². The normalized spacial score (nSPS) is 17.1. The fourth-order valence-corrected chi connectivity index (χ4v) is 2.53. The summed E-state index contributed by atoms with van der Waals surface area (Å²) in [6, 6.07) is 0.0678. The summed E-state index contributed by atoms with van der Waals surface area (Å²) in [6.45, 7) is 5.46. The monoisotopic (exact) mass is 308 g/mol. The van der Waals surface area contributed by atoms with Gasteiger partial charge in [-0.25, -0.2) is 0 Å². The van der Waals surface area contributed by atoms with Gasteiger partial charge in [0, 0.05) is 25.0 Å². The van der Waals surface area contributed by atoms with E-state index in [1.54, 1.807) is 0 Å². The number of hydrogen-bond acceptors (Lipinski definition) is 2. The quantitative estimate of drug-likeness (QED) is 0.793. The Morgan fingerprint density at radius 2 is 1.74 bits per heavy atom. The maximum Gasteiger partial charge on any atom is 0.253 e. The maximum atomic E-state index is 12.2. The van der Waals surface area contributed by atoms with E-state index in [-0.39, 0.29) is 23.8 Å². The van der Waals surface area contributed by atoms with E-state index in [0.717, 1.165) is 25.7 Å². The van der Waals surface area contributed by atoms with E-state index >= 15 is 0 Å². The van der Waals surface area contributed by atoms with Crippen LogP contribution in [0.5, 0.6) is 0 Å². The fraction of sp³-hybridized carbons (Fsp3) is 0.846. The number of hydrogen-bond donors (Lipinski definition) is 1. The van der Waals surface area contributed by atoms with Gasteiger partial charge >= 0.3 is 0 Å². The molecular weight excluding hydrogens is 287 g/mol. The molecule has 1 N–H and O–H groups in total. The van der Waals surface area contributed by atoms with Crippen LogP contribution in [0.15, 0.2) is 0 Å². The van der Waals surface area contributed by atoms with Crippen LogP contribution in [-0.2, 0) is 9.59 Å². The highest BCUT2D eigenvalue weighted by molar-refractivity contribution is 6.53. The van der Waals surface area contributed by atoms with Crippen molar-refractivity contribution in [3.8, 4) is 0 Å². The predicted octanol–water partition coefficient (Wildman–Crippen LogP) is 2.33. The Balaban J connectivity index is 2.40. The summed E-state index contributed by atoms with van der Waals surface area (Å²) < 4.78 is 0. The molecule has 0 bridgehead atoms. The van der Waals surface area contributed by atoms with Crippen LogP contribution in [0.2, 0.25) is 0 Å². The van der Waals surface area contributed by atoms with Crippen molar-refractivity contribution in [1.82, 2.24) is 10.2 Å². The minimum Gasteiger partial charge on any atom is -0.351 e. The lowest BCUT2D eigenvalue weighted by atomic mass is 9.98. The molecule has 0 atom stereocenters. The summed E-state index contributed by atoms with van der Waals surface area (Å²) in [4.78, 5) is 24.4. The first-order chi connectivity index (χ1) is 8.99. The van der Waals surface area contributed by atoms with Gasteiger partial charge in [0.2, 0.25) is 5.91 Å². The molecule has 1 heterocycles. The molecule has 0 aromatic heterocycles. The van der Waals surface area contributed by atoms with Crippen molar-refractivity contribution in [1.29, 1.82) is 0 Å². The number of carbonyl (C=O) groups excluding carboxylic acids is 2. The Bertz CT molecular complexity index is 312. The number of likely N-dealkylation sites (tertiary alicyclic amines) is 1. The molecule has 1 aliphatic rings. The Morgan fingerprint density at radius 3 is 2.16 bits per heavy atom. The Kier molecular flexibility index (Phi) is 6.94. The molecule has 4 nitrogen and oxygen atoms in total. The summed E-state index contributed by atoms with van der Waals surface area (Å²) in [6.07, 6.45) is 3.29. The van der Waals surface area contributed by atoms with Crippen LogP contribution in [0.25, 0.3) is 0 Å². The van der Waals surface area contributed by atoms with E-state index in [0.29, 0.717) is 13.1 Å². The van der Waals surface area contributed by atoms with Crippen molar-refractivity contribution in [3.05, 3.63) is 0 Å². The summed E-state index contributed by atoms with van der Waals surface area (Å²) in [5.74, 6) is 0.0108. The molecule has 0 aliphatic carbocycles. The summed E-state index contributed by atoms with van der Waals surface area (Å²) in [7, 11) is 0. The van der Waals surface area contributed by atoms with Crippen molar-refractivity contribution in [2.24, 2.45) is 5.92 Å². The van der Waals surface area contributed by atoms with Gasteiger partial charge in [-0.15, -0.1) is 0 Å². The Hall–Kier alpha value is -0.480. The van der Waals surface area contributed by atoms with Crippen molar-refractivity contribution in [2.75, 3.05) is 13.1 Å². The summed E-state index contributed by atoms with van der Waals surface area (Å²) in [5, 5.41) is 2.79. The van der Waals surface area contributed by atoms with Crippen LogP contribution in [0.3, 0.4) is 0 Å². The van der Waals surface area contributed by atoms with E-state index in [4.69, 9.17) is 23.2 Å². The largest absolute Gasteiger partial charge is 0.351 e. The predicted molar refractivity (Wildman–Crippen MR) is 77.3 cm³/mol. The molecule has 6 heteroatoms. The van der Waals surface area contributed by atoms with Crippen LogP contribution >= 0.6 is 23.2 Å². The highest BCUT2D eigenvalue weighted by Crippen LogP contribution is 2.17.